The maximum absolute atomic E-state index is 12.4. The van der Waals surface area contributed by atoms with E-state index < -0.39 is 0 Å². The average Bonchev–Trinajstić information content (AvgIpc) is 3.33. The zero-order valence-electron chi connectivity index (χ0n) is 13.7. The van der Waals surface area contributed by atoms with Gasteiger partial charge in [-0.1, -0.05) is 35.3 Å². The number of anilines is 1. The second kappa shape index (κ2) is 7.22. The van der Waals surface area contributed by atoms with Gasteiger partial charge in [0.15, 0.2) is 5.82 Å². The molecule has 2 aromatic carbocycles. The number of hydrogen-bond donors (Lipinski definition) is 2. The predicted molar refractivity (Wildman–Crippen MR) is 103 cm³/mol. The molecule has 0 fully saturated rings. The molecule has 0 aliphatic heterocycles. The summed E-state index contributed by atoms with van der Waals surface area (Å²) in [7, 11) is 0. The molecule has 0 unspecified atom stereocenters. The molecule has 0 aliphatic carbocycles. The molecule has 0 spiro atoms. The third kappa shape index (κ3) is 3.69. The van der Waals surface area contributed by atoms with Gasteiger partial charge >= 0.3 is 0 Å². The highest BCUT2D eigenvalue weighted by Crippen LogP contribution is 2.25. The number of carbonyl (C=O) groups excluding carboxylic acids is 1. The van der Waals surface area contributed by atoms with E-state index in [1.54, 1.807) is 29.1 Å². The predicted octanol–water partition coefficient (Wildman–Crippen LogP) is 4.22. The van der Waals surface area contributed by atoms with E-state index in [4.69, 9.17) is 23.2 Å². The van der Waals surface area contributed by atoms with Crippen molar-refractivity contribution < 1.29 is 4.79 Å². The molecule has 4 aromatic rings. The molecule has 134 valence electrons. The second-order valence-corrected chi connectivity index (χ2v) is 6.44. The quantitative estimate of drug-likeness (QED) is 0.538. The number of aromatic nitrogens is 5. The van der Waals surface area contributed by atoms with Crippen LogP contribution >= 0.6 is 23.2 Å². The van der Waals surface area contributed by atoms with Gasteiger partial charge in [-0.05, 0) is 36.4 Å². The van der Waals surface area contributed by atoms with E-state index in [-0.39, 0.29) is 11.9 Å². The summed E-state index contributed by atoms with van der Waals surface area (Å²) in [5.74, 6) is 0.238. The van der Waals surface area contributed by atoms with Gasteiger partial charge in [0.1, 0.15) is 0 Å². The molecule has 0 aliphatic rings. The molecule has 7 nitrogen and oxygen atoms in total. The molecule has 0 bridgehead atoms. The van der Waals surface area contributed by atoms with Crippen LogP contribution in [0.1, 0.15) is 10.4 Å². The van der Waals surface area contributed by atoms with Crippen LogP contribution in [0.4, 0.5) is 5.95 Å². The summed E-state index contributed by atoms with van der Waals surface area (Å²) >= 11 is 12.0. The molecule has 2 aromatic heterocycles. The molecule has 27 heavy (non-hydrogen) atoms. The monoisotopic (exact) mass is 398 g/mol. The fraction of sp³-hybridized carbons (Fsp3) is 0. The van der Waals surface area contributed by atoms with Gasteiger partial charge in [-0.2, -0.15) is 10.1 Å². The molecule has 0 radical (unpaired) electrons. The van der Waals surface area contributed by atoms with Crippen molar-refractivity contribution in [1.29, 1.82) is 0 Å². The molecule has 0 atom stereocenters. The first kappa shape index (κ1) is 17.3. The number of rotatable bonds is 4. The molecule has 2 heterocycles. The SMILES string of the molecule is O=C(Nc1n[nH]c(-c2ccccc2Cl)n1)c1cnn(-c2ccc(Cl)cc2)c1. The lowest BCUT2D eigenvalue weighted by molar-refractivity contribution is 0.102. The summed E-state index contributed by atoms with van der Waals surface area (Å²) in [6.07, 6.45) is 3.08. The van der Waals surface area contributed by atoms with Crippen molar-refractivity contribution >= 4 is 35.1 Å². The summed E-state index contributed by atoms with van der Waals surface area (Å²) in [6.45, 7) is 0. The molecule has 0 saturated heterocycles. The van der Waals surface area contributed by atoms with Crippen LogP contribution < -0.4 is 5.32 Å². The maximum Gasteiger partial charge on any atom is 0.261 e. The molecule has 4 rings (SSSR count). The van der Waals surface area contributed by atoms with Crippen molar-refractivity contribution in [1.82, 2.24) is 25.0 Å². The Morgan fingerprint density at radius 2 is 1.85 bits per heavy atom. The zero-order chi connectivity index (χ0) is 18.8. The Bertz CT molecular complexity index is 1100. The van der Waals surface area contributed by atoms with E-state index in [2.05, 4.69) is 25.6 Å². The molecular weight excluding hydrogens is 387 g/mol. The number of halogens is 2. The third-order valence-corrected chi connectivity index (χ3v) is 4.36. The first-order valence-electron chi connectivity index (χ1n) is 7.89. The van der Waals surface area contributed by atoms with Crippen LogP contribution in [0.25, 0.3) is 17.1 Å². The molecule has 2 N–H and O–H groups in total. The minimum Gasteiger partial charge on any atom is -0.289 e. The Labute approximate surface area is 164 Å². The van der Waals surface area contributed by atoms with Crippen molar-refractivity contribution in [2.24, 2.45) is 0 Å². The Morgan fingerprint density at radius 3 is 2.63 bits per heavy atom. The highest BCUT2D eigenvalue weighted by Gasteiger charge is 2.14. The van der Waals surface area contributed by atoms with Gasteiger partial charge in [-0.3, -0.25) is 15.2 Å². The van der Waals surface area contributed by atoms with E-state index in [1.807, 2.05) is 30.3 Å². The first-order valence-corrected chi connectivity index (χ1v) is 8.65. The van der Waals surface area contributed by atoms with Crippen molar-refractivity contribution in [2.75, 3.05) is 5.32 Å². The Balaban J connectivity index is 1.50. The smallest absolute Gasteiger partial charge is 0.261 e. The average molecular weight is 399 g/mol. The Hall–Kier alpha value is -3.16. The minimum absolute atomic E-state index is 0.147. The topological polar surface area (TPSA) is 88.5 Å². The zero-order valence-corrected chi connectivity index (χ0v) is 15.2. The highest BCUT2D eigenvalue weighted by atomic mass is 35.5. The van der Waals surface area contributed by atoms with E-state index in [0.29, 0.717) is 27.0 Å². The largest absolute Gasteiger partial charge is 0.289 e. The summed E-state index contributed by atoms with van der Waals surface area (Å²) in [6, 6.07) is 14.3. The summed E-state index contributed by atoms with van der Waals surface area (Å²) < 4.78 is 1.58. The first-order chi connectivity index (χ1) is 13.1. The molecule has 9 heteroatoms. The van der Waals surface area contributed by atoms with Crippen LogP contribution in [0.3, 0.4) is 0 Å². The lowest BCUT2D eigenvalue weighted by atomic mass is 10.2. The van der Waals surface area contributed by atoms with Gasteiger partial charge < -0.3 is 0 Å². The number of H-pyrrole nitrogens is 1. The number of carbonyl (C=O) groups is 1. The van der Waals surface area contributed by atoms with Crippen molar-refractivity contribution in [2.45, 2.75) is 0 Å². The van der Waals surface area contributed by atoms with Crippen LogP contribution in [-0.4, -0.2) is 30.9 Å². The Kier molecular flexibility index (Phi) is 4.62. The maximum atomic E-state index is 12.4. The number of amides is 1. The van der Waals surface area contributed by atoms with Crippen LogP contribution in [0.5, 0.6) is 0 Å². The third-order valence-electron chi connectivity index (χ3n) is 3.78. The van der Waals surface area contributed by atoms with E-state index in [0.717, 1.165) is 5.69 Å². The van der Waals surface area contributed by atoms with Crippen LogP contribution in [0.15, 0.2) is 60.9 Å². The number of aromatic amines is 1. The van der Waals surface area contributed by atoms with Crippen molar-refractivity contribution in [3.05, 3.63) is 76.5 Å². The molecule has 0 saturated carbocycles. The standard InChI is InChI=1S/C18H12Cl2N6O/c19-12-5-7-13(8-6-12)26-10-11(9-21-26)17(27)23-18-22-16(24-25-18)14-3-1-2-4-15(14)20/h1-10H,(H2,22,23,24,25,27). The lowest BCUT2D eigenvalue weighted by Crippen LogP contribution is -2.12. The highest BCUT2D eigenvalue weighted by molar-refractivity contribution is 6.33. The van der Waals surface area contributed by atoms with Crippen LogP contribution in [0.2, 0.25) is 10.0 Å². The van der Waals surface area contributed by atoms with Gasteiger partial charge in [0, 0.05) is 16.8 Å². The number of benzene rings is 2. The number of nitrogens with one attached hydrogen (secondary N) is 2. The number of nitrogens with zero attached hydrogens (tertiary/aromatic N) is 4. The number of hydrogen-bond acceptors (Lipinski definition) is 4. The van der Waals surface area contributed by atoms with Crippen LogP contribution in [-0.2, 0) is 0 Å². The summed E-state index contributed by atoms with van der Waals surface area (Å²) in [4.78, 5) is 16.7. The summed E-state index contributed by atoms with van der Waals surface area (Å²) in [5, 5.41) is 14.8. The molecular formula is C18H12Cl2N6O. The van der Waals surface area contributed by atoms with Crippen molar-refractivity contribution in [3.63, 3.8) is 0 Å². The van der Waals surface area contributed by atoms with Gasteiger partial charge in [-0.15, -0.1) is 5.10 Å². The van der Waals surface area contributed by atoms with Crippen molar-refractivity contribution in [3.8, 4) is 17.1 Å². The fourth-order valence-electron chi connectivity index (χ4n) is 2.44. The van der Waals surface area contributed by atoms with Gasteiger partial charge in [0.25, 0.3) is 5.91 Å². The van der Waals surface area contributed by atoms with Crippen LogP contribution in [0, 0.1) is 0 Å². The second-order valence-electron chi connectivity index (χ2n) is 5.59. The minimum atomic E-state index is -0.375. The van der Waals surface area contributed by atoms with E-state index in [9.17, 15) is 4.79 Å². The van der Waals surface area contributed by atoms with Gasteiger partial charge in [-0.25, -0.2) is 4.68 Å². The Morgan fingerprint density at radius 1 is 1.07 bits per heavy atom. The lowest BCUT2D eigenvalue weighted by Gasteiger charge is -2.00. The van der Waals surface area contributed by atoms with E-state index in [1.165, 1.54) is 6.20 Å². The van der Waals surface area contributed by atoms with Gasteiger partial charge in [0.05, 0.1) is 22.5 Å². The van der Waals surface area contributed by atoms with E-state index >= 15 is 0 Å². The van der Waals surface area contributed by atoms with Gasteiger partial charge in [0.2, 0.25) is 5.95 Å². The molecule has 1 amide bonds. The fourth-order valence-corrected chi connectivity index (χ4v) is 2.79. The normalized spacial score (nSPS) is 10.7. The summed E-state index contributed by atoms with van der Waals surface area (Å²) in [5.41, 5.74) is 1.86.